The Labute approximate surface area is 153 Å². The van der Waals surface area contributed by atoms with E-state index >= 15 is 0 Å². The van der Waals surface area contributed by atoms with Crippen LogP contribution >= 0.6 is 0 Å². The predicted molar refractivity (Wildman–Crippen MR) is 98.9 cm³/mol. The van der Waals surface area contributed by atoms with E-state index in [0.29, 0.717) is 11.8 Å². The summed E-state index contributed by atoms with van der Waals surface area (Å²) in [5.74, 6) is -2.76. The van der Waals surface area contributed by atoms with Gasteiger partial charge in [0, 0.05) is 18.8 Å². The molecule has 4 nitrogen and oxygen atoms in total. The van der Waals surface area contributed by atoms with Gasteiger partial charge in [0.15, 0.2) is 5.78 Å². The second-order valence-electron chi connectivity index (χ2n) is 6.31. The number of hydrogen-bond donors (Lipinski definition) is 0. The van der Waals surface area contributed by atoms with E-state index in [9.17, 15) is 19.2 Å². The van der Waals surface area contributed by atoms with Crippen molar-refractivity contribution in [2.24, 2.45) is 5.92 Å². The van der Waals surface area contributed by atoms with Crippen molar-refractivity contribution in [3.8, 4) is 0 Å². The molecule has 2 rings (SSSR count). The molecule has 4 heteroatoms. The Hall–Kier alpha value is -2.88. The molecule has 3 atom stereocenters. The normalized spacial score (nSPS) is 14.0. The SMILES string of the molecule is CC(C(C=O)c1ccccc1)C(C(=O)C(=O)CCC=O)c1ccccc1. The van der Waals surface area contributed by atoms with Crippen molar-refractivity contribution in [2.45, 2.75) is 31.6 Å². The summed E-state index contributed by atoms with van der Waals surface area (Å²) < 4.78 is 0. The van der Waals surface area contributed by atoms with Crippen LogP contribution < -0.4 is 0 Å². The molecule has 0 amide bonds. The zero-order valence-corrected chi connectivity index (χ0v) is 14.7. The monoisotopic (exact) mass is 350 g/mol. The lowest BCUT2D eigenvalue weighted by molar-refractivity contribution is -0.138. The quantitative estimate of drug-likeness (QED) is 0.486. The average molecular weight is 350 g/mol. The number of carbonyl (C=O) groups is 4. The van der Waals surface area contributed by atoms with Crippen LogP contribution in [-0.4, -0.2) is 24.1 Å². The van der Waals surface area contributed by atoms with Crippen LogP contribution in [0.4, 0.5) is 0 Å². The first-order valence-electron chi connectivity index (χ1n) is 8.66. The third-order valence-electron chi connectivity index (χ3n) is 4.63. The van der Waals surface area contributed by atoms with Gasteiger partial charge in [-0.05, 0) is 17.0 Å². The molecule has 3 unspecified atom stereocenters. The topological polar surface area (TPSA) is 68.3 Å². The smallest absolute Gasteiger partial charge is 0.206 e. The molecule has 0 bridgehead atoms. The molecule has 2 aromatic rings. The minimum absolute atomic E-state index is 0.0241. The van der Waals surface area contributed by atoms with E-state index in [2.05, 4.69) is 0 Å². The van der Waals surface area contributed by atoms with Gasteiger partial charge in [0.2, 0.25) is 5.78 Å². The van der Waals surface area contributed by atoms with E-state index in [1.165, 1.54) is 0 Å². The Bertz CT molecular complexity index is 752. The number of carbonyl (C=O) groups excluding carboxylic acids is 4. The van der Waals surface area contributed by atoms with E-state index in [1.54, 1.807) is 24.3 Å². The highest BCUT2D eigenvalue weighted by molar-refractivity contribution is 6.39. The molecular weight excluding hydrogens is 328 g/mol. The van der Waals surface area contributed by atoms with Crippen LogP contribution in [-0.2, 0) is 19.2 Å². The maximum atomic E-state index is 12.9. The first-order chi connectivity index (χ1) is 12.6. The third-order valence-corrected chi connectivity index (χ3v) is 4.63. The lowest BCUT2D eigenvalue weighted by Gasteiger charge is -2.27. The number of Topliss-reactive ketones (excluding diaryl/α,β-unsaturated/α-hetero) is 2. The zero-order chi connectivity index (χ0) is 18.9. The number of aldehydes is 2. The van der Waals surface area contributed by atoms with E-state index in [-0.39, 0.29) is 12.8 Å². The number of hydrogen-bond acceptors (Lipinski definition) is 4. The molecule has 0 radical (unpaired) electrons. The van der Waals surface area contributed by atoms with Gasteiger partial charge in [0.1, 0.15) is 12.6 Å². The average Bonchev–Trinajstić information content (AvgIpc) is 2.68. The Morgan fingerprint density at radius 1 is 0.885 bits per heavy atom. The molecule has 0 saturated heterocycles. The van der Waals surface area contributed by atoms with E-state index in [0.717, 1.165) is 11.8 Å². The fourth-order valence-electron chi connectivity index (χ4n) is 3.23. The molecule has 0 aromatic heterocycles. The van der Waals surface area contributed by atoms with Gasteiger partial charge in [-0.2, -0.15) is 0 Å². The second kappa shape index (κ2) is 9.56. The minimum Gasteiger partial charge on any atom is -0.303 e. The van der Waals surface area contributed by atoms with Gasteiger partial charge in [0.25, 0.3) is 0 Å². The maximum absolute atomic E-state index is 12.9. The highest BCUT2D eigenvalue weighted by Crippen LogP contribution is 2.36. The summed E-state index contributed by atoms with van der Waals surface area (Å²) in [5, 5.41) is 0. The first-order valence-corrected chi connectivity index (χ1v) is 8.66. The third kappa shape index (κ3) is 4.60. The molecule has 0 aliphatic heterocycles. The Balaban J connectivity index is 2.39. The largest absolute Gasteiger partial charge is 0.303 e. The fraction of sp³-hybridized carbons (Fsp3) is 0.273. The molecule has 0 aliphatic rings. The van der Waals surface area contributed by atoms with E-state index < -0.39 is 29.3 Å². The van der Waals surface area contributed by atoms with Crippen LogP contribution in [0.25, 0.3) is 0 Å². The first kappa shape index (κ1) is 19.4. The van der Waals surface area contributed by atoms with Crippen molar-refractivity contribution in [1.82, 2.24) is 0 Å². The van der Waals surface area contributed by atoms with Gasteiger partial charge in [-0.3, -0.25) is 9.59 Å². The van der Waals surface area contributed by atoms with Gasteiger partial charge in [-0.15, -0.1) is 0 Å². The second-order valence-corrected chi connectivity index (χ2v) is 6.31. The number of ketones is 2. The fourth-order valence-corrected chi connectivity index (χ4v) is 3.23. The van der Waals surface area contributed by atoms with Crippen LogP contribution in [0.1, 0.15) is 42.7 Å². The molecular formula is C22H22O4. The summed E-state index contributed by atoms with van der Waals surface area (Å²) in [6, 6.07) is 18.2. The van der Waals surface area contributed by atoms with Gasteiger partial charge < -0.3 is 9.59 Å². The summed E-state index contributed by atoms with van der Waals surface area (Å²) >= 11 is 0. The Kier molecular flexibility index (Phi) is 7.15. The van der Waals surface area contributed by atoms with Crippen molar-refractivity contribution >= 4 is 24.1 Å². The summed E-state index contributed by atoms with van der Waals surface area (Å²) in [5.41, 5.74) is 1.51. The van der Waals surface area contributed by atoms with Crippen LogP contribution in [0.15, 0.2) is 60.7 Å². The van der Waals surface area contributed by atoms with Crippen LogP contribution in [0.3, 0.4) is 0 Å². The Morgan fingerprint density at radius 3 is 1.92 bits per heavy atom. The summed E-state index contributed by atoms with van der Waals surface area (Å²) in [4.78, 5) is 47.5. The summed E-state index contributed by atoms with van der Waals surface area (Å²) in [7, 11) is 0. The Morgan fingerprint density at radius 2 is 1.42 bits per heavy atom. The van der Waals surface area contributed by atoms with E-state index in [4.69, 9.17) is 0 Å². The molecule has 0 N–H and O–H groups in total. The van der Waals surface area contributed by atoms with Crippen molar-refractivity contribution in [1.29, 1.82) is 0 Å². The van der Waals surface area contributed by atoms with Crippen LogP contribution in [0.2, 0.25) is 0 Å². The van der Waals surface area contributed by atoms with Crippen LogP contribution in [0.5, 0.6) is 0 Å². The van der Waals surface area contributed by atoms with Gasteiger partial charge >= 0.3 is 0 Å². The van der Waals surface area contributed by atoms with Crippen LogP contribution in [0, 0.1) is 5.92 Å². The molecule has 134 valence electrons. The standard InChI is InChI=1S/C22H22O4/c1-16(19(15-24)17-9-4-2-5-10-17)21(18-11-6-3-7-12-18)22(26)20(25)13-8-14-23/h2-7,9-12,14-16,19,21H,8,13H2,1H3. The lowest BCUT2D eigenvalue weighted by Crippen LogP contribution is -2.30. The van der Waals surface area contributed by atoms with Gasteiger partial charge in [-0.25, -0.2) is 0 Å². The molecule has 0 saturated carbocycles. The minimum atomic E-state index is -0.731. The lowest BCUT2D eigenvalue weighted by atomic mass is 9.74. The molecule has 0 aliphatic carbocycles. The maximum Gasteiger partial charge on any atom is 0.206 e. The summed E-state index contributed by atoms with van der Waals surface area (Å²) in [6.07, 6.45) is 1.38. The predicted octanol–water partition coefficient (Wildman–Crippen LogP) is 3.51. The molecule has 0 heterocycles. The van der Waals surface area contributed by atoms with Gasteiger partial charge in [0.05, 0.1) is 5.92 Å². The van der Waals surface area contributed by atoms with Gasteiger partial charge in [-0.1, -0.05) is 67.6 Å². The zero-order valence-electron chi connectivity index (χ0n) is 14.7. The summed E-state index contributed by atoms with van der Waals surface area (Å²) in [6.45, 7) is 1.81. The van der Waals surface area contributed by atoms with Crippen molar-refractivity contribution < 1.29 is 19.2 Å². The molecule has 0 spiro atoms. The highest BCUT2D eigenvalue weighted by Gasteiger charge is 2.35. The molecule has 2 aromatic carbocycles. The number of benzene rings is 2. The number of rotatable bonds is 10. The van der Waals surface area contributed by atoms with Crippen molar-refractivity contribution in [3.63, 3.8) is 0 Å². The van der Waals surface area contributed by atoms with Crippen molar-refractivity contribution in [3.05, 3.63) is 71.8 Å². The van der Waals surface area contributed by atoms with Crippen molar-refractivity contribution in [2.75, 3.05) is 0 Å². The molecule has 0 fully saturated rings. The highest BCUT2D eigenvalue weighted by atomic mass is 16.2. The molecule has 26 heavy (non-hydrogen) atoms. The van der Waals surface area contributed by atoms with E-state index in [1.807, 2.05) is 43.3 Å².